The molecule has 2 rings (SSSR count). The van der Waals surface area contributed by atoms with Gasteiger partial charge in [-0.1, -0.05) is 0 Å². The molecule has 2 aromatic rings. The Morgan fingerprint density at radius 2 is 2.50 bits per heavy atom. The van der Waals surface area contributed by atoms with E-state index in [0.717, 1.165) is 11.1 Å². The monoisotopic (exact) mass is 152 g/mol. The largest absolute Gasteiger partial charge is 0.461 e. The molecule has 0 aliphatic heterocycles. The summed E-state index contributed by atoms with van der Waals surface area (Å²) in [6.45, 7) is 0. The Bertz CT molecular complexity index is 403. The molecule has 1 N–H and O–H groups in total. The van der Waals surface area contributed by atoms with Crippen LogP contribution in [0.4, 0.5) is 0 Å². The highest BCUT2D eigenvalue weighted by atomic mass is 32.1. The number of H-pyrrole nitrogens is 1. The van der Waals surface area contributed by atoms with Gasteiger partial charge in [0.2, 0.25) is 0 Å². The van der Waals surface area contributed by atoms with E-state index in [0.29, 0.717) is 4.77 Å². The first-order valence-electron chi connectivity index (χ1n) is 2.79. The van der Waals surface area contributed by atoms with Gasteiger partial charge < -0.3 is 9.40 Å². The van der Waals surface area contributed by atoms with Gasteiger partial charge in [-0.25, -0.2) is 4.98 Å². The summed E-state index contributed by atoms with van der Waals surface area (Å²) in [5, 5.41) is 0. The first-order valence-corrected chi connectivity index (χ1v) is 3.20. The molecule has 0 aliphatic rings. The summed E-state index contributed by atoms with van der Waals surface area (Å²) in [7, 11) is 0. The van der Waals surface area contributed by atoms with Crippen molar-refractivity contribution in [3.63, 3.8) is 0 Å². The van der Waals surface area contributed by atoms with Crippen LogP contribution in [0.25, 0.3) is 11.1 Å². The fraction of sp³-hybridized carbons (Fsp3) is 0. The van der Waals surface area contributed by atoms with E-state index in [-0.39, 0.29) is 0 Å². The van der Waals surface area contributed by atoms with E-state index in [4.69, 9.17) is 16.6 Å². The number of furan rings is 1. The minimum atomic E-state index is 0.480. The highest BCUT2D eigenvalue weighted by molar-refractivity contribution is 7.71. The minimum absolute atomic E-state index is 0.480. The summed E-state index contributed by atoms with van der Waals surface area (Å²) in [6.07, 6.45) is 3.28. The summed E-state index contributed by atoms with van der Waals surface area (Å²) in [5.74, 6) is 0. The van der Waals surface area contributed by atoms with E-state index in [1.807, 2.05) is 0 Å². The average Bonchev–Trinajstić information content (AvgIpc) is 2.33. The zero-order chi connectivity index (χ0) is 6.97. The van der Waals surface area contributed by atoms with Gasteiger partial charge in [-0.15, -0.1) is 0 Å². The van der Waals surface area contributed by atoms with Crippen molar-refractivity contribution in [1.29, 1.82) is 0 Å². The lowest BCUT2D eigenvalue weighted by Crippen LogP contribution is -1.77. The molecule has 0 atom stereocenters. The van der Waals surface area contributed by atoms with Crippen LogP contribution in [0.3, 0.4) is 0 Å². The smallest absolute Gasteiger partial charge is 0.197 e. The average molecular weight is 152 g/mol. The number of hydrogen-bond donors (Lipinski definition) is 1. The van der Waals surface area contributed by atoms with Crippen molar-refractivity contribution in [3.8, 4) is 0 Å². The summed E-state index contributed by atoms with van der Waals surface area (Å²) in [4.78, 5) is 6.77. The third kappa shape index (κ3) is 0.733. The maximum absolute atomic E-state index is 5.03. The standard InChI is InChI=1S/C6H4N2OS/c10-6-7-3-5-4(8-6)1-2-9-5/h1-3H,(H,7,8,10). The Morgan fingerprint density at radius 3 is 3.40 bits per heavy atom. The maximum Gasteiger partial charge on any atom is 0.197 e. The van der Waals surface area contributed by atoms with Crippen LogP contribution in [0, 0.1) is 4.77 Å². The Morgan fingerprint density at radius 1 is 1.60 bits per heavy atom. The van der Waals surface area contributed by atoms with Crippen LogP contribution in [-0.4, -0.2) is 9.97 Å². The molecule has 10 heavy (non-hydrogen) atoms. The summed E-state index contributed by atoms with van der Waals surface area (Å²) in [5.41, 5.74) is 1.53. The molecule has 4 heteroatoms. The van der Waals surface area contributed by atoms with Crippen LogP contribution >= 0.6 is 12.2 Å². The number of aromatic amines is 1. The second-order valence-electron chi connectivity index (χ2n) is 1.88. The van der Waals surface area contributed by atoms with Crippen LogP contribution in [-0.2, 0) is 0 Å². The van der Waals surface area contributed by atoms with Crippen molar-refractivity contribution in [2.24, 2.45) is 0 Å². The molecule has 0 radical (unpaired) electrons. The van der Waals surface area contributed by atoms with Crippen molar-refractivity contribution in [1.82, 2.24) is 9.97 Å². The second-order valence-corrected chi connectivity index (χ2v) is 2.26. The predicted octanol–water partition coefficient (Wildman–Crippen LogP) is 1.89. The van der Waals surface area contributed by atoms with Crippen LogP contribution in [0.2, 0.25) is 0 Å². The molecule has 0 aliphatic carbocycles. The van der Waals surface area contributed by atoms with E-state index >= 15 is 0 Å². The van der Waals surface area contributed by atoms with Gasteiger partial charge in [-0.2, -0.15) is 0 Å². The Labute approximate surface area is 61.7 Å². The molecule has 0 aromatic carbocycles. The summed E-state index contributed by atoms with van der Waals surface area (Å²) >= 11 is 4.80. The summed E-state index contributed by atoms with van der Waals surface area (Å²) < 4.78 is 5.51. The number of aromatic nitrogens is 2. The molecule has 3 nitrogen and oxygen atoms in total. The number of rotatable bonds is 0. The fourth-order valence-electron chi connectivity index (χ4n) is 0.784. The number of nitrogens with zero attached hydrogens (tertiary/aromatic N) is 1. The van der Waals surface area contributed by atoms with E-state index in [1.165, 1.54) is 0 Å². The van der Waals surface area contributed by atoms with Gasteiger partial charge in [-0.05, 0) is 12.2 Å². The molecular formula is C6H4N2OS. The molecule has 0 spiro atoms. The van der Waals surface area contributed by atoms with E-state index in [1.54, 1.807) is 18.5 Å². The Hall–Kier alpha value is -1.16. The van der Waals surface area contributed by atoms with Crippen LogP contribution < -0.4 is 0 Å². The molecule has 0 bridgehead atoms. The van der Waals surface area contributed by atoms with Gasteiger partial charge in [0.1, 0.15) is 5.52 Å². The van der Waals surface area contributed by atoms with E-state index in [9.17, 15) is 0 Å². The fourth-order valence-corrected chi connectivity index (χ4v) is 0.941. The van der Waals surface area contributed by atoms with Gasteiger partial charge in [0, 0.05) is 12.3 Å². The highest BCUT2D eigenvalue weighted by Crippen LogP contribution is 2.08. The zero-order valence-electron chi connectivity index (χ0n) is 5.00. The molecular weight excluding hydrogens is 148 g/mol. The van der Waals surface area contributed by atoms with Crippen LogP contribution in [0.1, 0.15) is 0 Å². The molecule has 0 saturated carbocycles. The molecule has 50 valence electrons. The van der Waals surface area contributed by atoms with E-state index < -0.39 is 0 Å². The minimum Gasteiger partial charge on any atom is -0.461 e. The topological polar surface area (TPSA) is 41.8 Å². The van der Waals surface area contributed by atoms with Gasteiger partial charge >= 0.3 is 0 Å². The maximum atomic E-state index is 5.03. The van der Waals surface area contributed by atoms with Crippen molar-refractivity contribution in [3.05, 3.63) is 23.3 Å². The molecule has 0 fully saturated rings. The molecule has 2 heterocycles. The number of fused-ring (bicyclic) bond motifs is 1. The Balaban J connectivity index is 2.99. The quantitative estimate of drug-likeness (QED) is 0.586. The lowest BCUT2D eigenvalue weighted by molar-refractivity contribution is 0.613. The third-order valence-corrected chi connectivity index (χ3v) is 1.43. The number of nitrogens with one attached hydrogen (secondary N) is 1. The second kappa shape index (κ2) is 1.91. The van der Waals surface area contributed by atoms with Gasteiger partial charge in [-0.3, -0.25) is 0 Å². The van der Waals surface area contributed by atoms with Crippen molar-refractivity contribution < 1.29 is 4.42 Å². The SMILES string of the molecule is S=c1nc2ccoc2c[nH]1. The lowest BCUT2D eigenvalue weighted by Gasteiger charge is -1.83. The third-order valence-electron chi connectivity index (χ3n) is 1.22. The normalized spacial score (nSPS) is 10.4. The van der Waals surface area contributed by atoms with Crippen molar-refractivity contribution in [2.75, 3.05) is 0 Å². The lowest BCUT2D eigenvalue weighted by atomic mass is 10.5. The summed E-state index contributed by atoms with van der Waals surface area (Å²) in [6, 6.07) is 1.78. The van der Waals surface area contributed by atoms with E-state index in [2.05, 4.69) is 9.97 Å². The molecule has 0 unspecified atom stereocenters. The molecule has 0 saturated heterocycles. The number of hydrogen-bond acceptors (Lipinski definition) is 3. The van der Waals surface area contributed by atoms with Gasteiger partial charge in [0.05, 0.1) is 6.26 Å². The van der Waals surface area contributed by atoms with Gasteiger partial charge in [0.15, 0.2) is 10.4 Å². The zero-order valence-corrected chi connectivity index (χ0v) is 5.81. The Kier molecular flexibility index (Phi) is 1.07. The first-order chi connectivity index (χ1) is 4.86. The van der Waals surface area contributed by atoms with Crippen molar-refractivity contribution >= 4 is 23.3 Å². The van der Waals surface area contributed by atoms with Gasteiger partial charge in [0.25, 0.3) is 0 Å². The van der Waals surface area contributed by atoms with Crippen LogP contribution in [0.15, 0.2) is 22.9 Å². The van der Waals surface area contributed by atoms with Crippen molar-refractivity contribution in [2.45, 2.75) is 0 Å². The highest BCUT2D eigenvalue weighted by Gasteiger charge is 1.93. The molecule has 2 aromatic heterocycles. The molecule has 0 amide bonds. The first kappa shape index (κ1) is 5.61. The van der Waals surface area contributed by atoms with Crippen LogP contribution in [0.5, 0.6) is 0 Å². The predicted molar refractivity (Wildman–Crippen MR) is 39.2 cm³/mol.